The lowest BCUT2D eigenvalue weighted by Crippen LogP contribution is -2.42. The molecular formula is C15H20N4O2. The summed E-state index contributed by atoms with van der Waals surface area (Å²) >= 11 is 0. The second kappa shape index (κ2) is 5.81. The van der Waals surface area contributed by atoms with Crippen LogP contribution >= 0.6 is 0 Å². The summed E-state index contributed by atoms with van der Waals surface area (Å²) in [7, 11) is 0. The molecule has 0 spiro atoms. The Balaban J connectivity index is 1.90. The summed E-state index contributed by atoms with van der Waals surface area (Å²) < 4.78 is 5.10. The van der Waals surface area contributed by atoms with E-state index in [2.05, 4.69) is 22.4 Å². The Kier molecular flexibility index (Phi) is 3.88. The minimum atomic E-state index is 0.0422. The highest BCUT2D eigenvalue weighted by molar-refractivity contribution is 5.97. The van der Waals surface area contributed by atoms with Gasteiger partial charge in [0.1, 0.15) is 0 Å². The van der Waals surface area contributed by atoms with Crippen molar-refractivity contribution in [2.45, 2.75) is 32.7 Å². The van der Waals surface area contributed by atoms with Crippen LogP contribution in [0.2, 0.25) is 0 Å². The summed E-state index contributed by atoms with van der Waals surface area (Å²) in [6.07, 6.45) is 3.54. The molecule has 0 bridgehead atoms. The molecule has 0 radical (unpaired) electrons. The van der Waals surface area contributed by atoms with Gasteiger partial charge in [0.15, 0.2) is 0 Å². The zero-order valence-electron chi connectivity index (χ0n) is 12.4. The average molecular weight is 288 g/mol. The summed E-state index contributed by atoms with van der Waals surface area (Å²) in [5.41, 5.74) is 1.85. The van der Waals surface area contributed by atoms with Crippen molar-refractivity contribution < 1.29 is 9.32 Å². The molecule has 1 amide bonds. The molecule has 1 unspecified atom stereocenters. The Morgan fingerprint density at radius 2 is 2.43 bits per heavy atom. The average Bonchev–Trinajstić information content (AvgIpc) is 3.14. The van der Waals surface area contributed by atoms with Crippen molar-refractivity contribution in [3.05, 3.63) is 23.5 Å². The van der Waals surface area contributed by atoms with E-state index >= 15 is 0 Å². The van der Waals surface area contributed by atoms with Gasteiger partial charge in [-0.05, 0) is 32.4 Å². The van der Waals surface area contributed by atoms with Gasteiger partial charge < -0.3 is 14.7 Å². The third kappa shape index (κ3) is 2.63. The van der Waals surface area contributed by atoms with E-state index in [4.69, 9.17) is 4.52 Å². The molecule has 1 saturated heterocycles. The van der Waals surface area contributed by atoms with E-state index in [0.717, 1.165) is 43.6 Å². The van der Waals surface area contributed by atoms with Crippen LogP contribution in [-0.4, -0.2) is 46.6 Å². The van der Waals surface area contributed by atoms with Crippen molar-refractivity contribution >= 4 is 17.0 Å². The number of aromatic nitrogens is 2. The Morgan fingerprint density at radius 3 is 3.14 bits per heavy atom. The number of hydrogen-bond donors (Lipinski definition) is 1. The fourth-order valence-electron chi connectivity index (χ4n) is 2.82. The highest BCUT2D eigenvalue weighted by Crippen LogP contribution is 2.19. The summed E-state index contributed by atoms with van der Waals surface area (Å²) in [6.45, 7) is 6.56. The van der Waals surface area contributed by atoms with Gasteiger partial charge in [-0.2, -0.15) is 0 Å². The molecule has 0 aromatic carbocycles. The quantitative estimate of drug-likeness (QED) is 0.928. The minimum absolute atomic E-state index is 0.0422. The monoisotopic (exact) mass is 288 g/mol. The standard InChI is InChI=1S/C15H20N4O2/c1-3-6-19(12-4-5-16-9-12)15(20)11-7-13-10(2)18-21-14(13)17-8-11/h7-8,12,16H,3-6,9H2,1-2H3. The first kappa shape index (κ1) is 14.0. The molecule has 6 heteroatoms. The molecule has 0 saturated carbocycles. The van der Waals surface area contributed by atoms with Crippen molar-refractivity contribution in [2.75, 3.05) is 19.6 Å². The van der Waals surface area contributed by atoms with Gasteiger partial charge in [-0.25, -0.2) is 4.98 Å². The fraction of sp³-hybridized carbons (Fsp3) is 0.533. The first-order chi connectivity index (χ1) is 10.2. The van der Waals surface area contributed by atoms with Gasteiger partial charge in [-0.15, -0.1) is 0 Å². The summed E-state index contributed by atoms with van der Waals surface area (Å²) in [6, 6.07) is 2.11. The van der Waals surface area contributed by atoms with E-state index in [-0.39, 0.29) is 11.9 Å². The van der Waals surface area contributed by atoms with Crippen molar-refractivity contribution in [1.29, 1.82) is 0 Å². The van der Waals surface area contributed by atoms with Crippen molar-refractivity contribution in [3.8, 4) is 0 Å². The molecule has 1 aliphatic rings. The normalized spacial score (nSPS) is 18.3. The zero-order chi connectivity index (χ0) is 14.8. The van der Waals surface area contributed by atoms with Crippen LogP contribution in [0.1, 0.15) is 35.8 Å². The molecule has 2 aromatic heterocycles. The van der Waals surface area contributed by atoms with E-state index < -0.39 is 0 Å². The predicted molar refractivity (Wildman–Crippen MR) is 79.1 cm³/mol. The first-order valence-corrected chi connectivity index (χ1v) is 7.44. The number of aryl methyl sites for hydroxylation is 1. The van der Waals surface area contributed by atoms with Crippen molar-refractivity contribution in [2.24, 2.45) is 0 Å². The van der Waals surface area contributed by atoms with Crippen LogP contribution < -0.4 is 5.32 Å². The van der Waals surface area contributed by atoms with Gasteiger partial charge in [0.2, 0.25) is 0 Å². The maximum atomic E-state index is 12.8. The van der Waals surface area contributed by atoms with Crippen LogP contribution in [0, 0.1) is 6.92 Å². The minimum Gasteiger partial charge on any atom is -0.336 e. The number of nitrogens with one attached hydrogen (secondary N) is 1. The molecular weight excluding hydrogens is 268 g/mol. The summed E-state index contributed by atoms with van der Waals surface area (Å²) in [5.74, 6) is 0.0422. The fourth-order valence-corrected chi connectivity index (χ4v) is 2.82. The van der Waals surface area contributed by atoms with E-state index in [1.165, 1.54) is 0 Å². The molecule has 2 aromatic rings. The highest BCUT2D eigenvalue weighted by Gasteiger charge is 2.27. The number of amides is 1. The smallest absolute Gasteiger partial charge is 0.257 e. The molecule has 3 rings (SSSR count). The molecule has 0 aliphatic carbocycles. The van der Waals surface area contributed by atoms with Gasteiger partial charge in [0, 0.05) is 25.3 Å². The van der Waals surface area contributed by atoms with Crippen molar-refractivity contribution in [1.82, 2.24) is 20.4 Å². The number of rotatable bonds is 4. The molecule has 1 N–H and O–H groups in total. The predicted octanol–water partition coefficient (Wildman–Crippen LogP) is 1.75. The maximum Gasteiger partial charge on any atom is 0.257 e. The second-order valence-electron chi connectivity index (χ2n) is 5.49. The largest absolute Gasteiger partial charge is 0.336 e. The van der Waals surface area contributed by atoms with Crippen LogP contribution in [0.25, 0.3) is 11.1 Å². The van der Waals surface area contributed by atoms with E-state index in [1.54, 1.807) is 6.20 Å². The Morgan fingerprint density at radius 1 is 1.57 bits per heavy atom. The lowest BCUT2D eigenvalue weighted by Gasteiger charge is -2.28. The van der Waals surface area contributed by atoms with Gasteiger partial charge in [0.25, 0.3) is 11.6 Å². The van der Waals surface area contributed by atoms with Crippen LogP contribution in [-0.2, 0) is 0 Å². The Hall–Kier alpha value is -1.95. The van der Waals surface area contributed by atoms with Crippen LogP contribution in [0.3, 0.4) is 0 Å². The number of carbonyl (C=O) groups excluding carboxylic acids is 1. The highest BCUT2D eigenvalue weighted by atomic mass is 16.5. The van der Waals surface area contributed by atoms with Gasteiger partial charge in [-0.3, -0.25) is 4.79 Å². The van der Waals surface area contributed by atoms with E-state index in [1.807, 2.05) is 17.9 Å². The third-order valence-electron chi connectivity index (χ3n) is 3.96. The molecule has 6 nitrogen and oxygen atoms in total. The SMILES string of the molecule is CCCN(C(=O)c1cnc2onc(C)c2c1)C1CCNC1. The van der Waals surface area contributed by atoms with E-state index in [0.29, 0.717) is 11.3 Å². The van der Waals surface area contributed by atoms with Gasteiger partial charge in [0.05, 0.1) is 16.6 Å². The first-order valence-electron chi connectivity index (χ1n) is 7.44. The maximum absolute atomic E-state index is 12.8. The number of nitrogens with zero attached hydrogens (tertiary/aromatic N) is 3. The van der Waals surface area contributed by atoms with Gasteiger partial charge >= 0.3 is 0 Å². The van der Waals surface area contributed by atoms with Crippen molar-refractivity contribution in [3.63, 3.8) is 0 Å². The number of hydrogen-bond acceptors (Lipinski definition) is 5. The number of pyridine rings is 1. The molecule has 3 heterocycles. The topological polar surface area (TPSA) is 71.3 Å². The van der Waals surface area contributed by atoms with E-state index in [9.17, 15) is 4.79 Å². The van der Waals surface area contributed by atoms with Crippen LogP contribution in [0.4, 0.5) is 0 Å². The summed E-state index contributed by atoms with van der Waals surface area (Å²) in [4.78, 5) is 19.0. The lowest BCUT2D eigenvalue weighted by atomic mass is 10.1. The zero-order valence-corrected chi connectivity index (χ0v) is 12.4. The molecule has 1 aliphatic heterocycles. The van der Waals surface area contributed by atoms with Crippen LogP contribution in [0.5, 0.6) is 0 Å². The van der Waals surface area contributed by atoms with Gasteiger partial charge in [-0.1, -0.05) is 12.1 Å². The summed E-state index contributed by atoms with van der Waals surface area (Å²) in [5, 5.41) is 8.01. The molecule has 1 atom stereocenters. The Labute approximate surface area is 123 Å². The lowest BCUT2D eigenvalue weighted by molar-refractivity contribution is 0.0692. The number of fused-ring (bicyclic) bond motifs is 1. The Bertz CT molecular complexity index is 646. The molecule has 21 heavy (non-hydrogen) atoms. The molecule has 1 fully saturated rings. The van der Waals surface area contributed by atoms with Crippen LogP contribution in [0.15, 0.2) is 16.8 Å². The third-order valence-corrected chi connectivity index (χ3v) is 3.96. The molecule has 112 valence electrons. The number of carbonyl (C=O) groups is 1. The second-order valence-corrected chi connectivity index (χ2v) is 5.49.